The van der Waals surface area contributed by atoms with E-state index >= 15 is 0 Å². The molecule has 0 heterocycles. The minimum absolute atomic E-state index is 0.0127. The molecule has 0 N–H and O–H groups in total. The van der Waals surface area contributed by atoms with Crippen molar-refractivity contribution in [2.75, 3.05) is 0 Å². The monoisotopic (exact) mass is 206 g/mol. The van der Waals surface area contributed by atoms with Gasteiger partial charge in [-0.15, -0.1) is 0 Å². The van der Waals surface area contributed by atoms with E-state index < -0.39 is 0 Å². The molecule has 2 nitrogen and oxygen atoms in total. The Kier molecular flexibility index (Phi) is 4.88. The average Bonchev–Trinajstić information content (AvgIpc) is 2.27. The lowest BCUT2D eigenvalue weighted by Gasteiger charge is -2.10. The fraction of sp³-hybridized carbons (Fsp3) is 0.462. The molecular weight excluding hydrogens is 188 g/mol. The highest BCUT2D eigenvalue weighted by molar-refractivity contribution is 5.71. The molecule has 82 valence electrons. The molecule has 1 aromatic rings. The Bertz CT molecular complexity index is 293. The van der Waals surface area contributed by atoms with Crippen LogP contribution in [-0.4, -0.2) is 5.97 Å². The van der Waals surface area contributed by atoms with E-state index in [9.17, 15) is 4.79 Å². The molecule has 1 atom stereocenters. The summed E-state index contributed by atoms with van der Waals surface area (Å²) in [5.74, 6) is -0.0839. The molecule has 2 heteroatoms. The van der Waals surface area contributed by atoms with E-state index in [1.165, 1.54) is 0 Å². The second kappa shape index (κ2) is 6.23. The third-order valence-corrected chi connectivity index (χ3v) is 2.35. The van der Waals surface area contributed by atoms with Gasteiger partial charge in [0.05, 0.1) is 5.92 Å². The summed E-state index contributed by atoms with van der Waals surface area (Å²) in [5, 5.41) is 0. The third-order valence-electron chi connectivity index (χ3n) is 2.35. The van der Waals surface area contributed by atoms with Gasteiger partial charge in [-0.1, -0.05) is 50.6 Å². The van der Waals surface area contributed by atoms with Crippen LogP contribution in [0.5, 0.6) is 0 Å². The summed E-state index contributed by atoms with van der Waals surface area (Å²) in [5.41, 5.74) is 1.04. The van der Waals surface area contributed by atoms with Gasteiger partial charge >= 0.3 is 5.97 Å². The molecule has 0 radical (unpaired) electrons. The van der Waals surface area contributed by atoms with Gasteiger partial charge in [-0.25, -0.2) is 0 Å². The van der Waals surface area contributed by atoms with Gasteiger partial charge in [0.1, 0.15) is 6.61 Å². The minimum atomic E-state index is -0.0966. The number of benzene rings is 1. The summed E-state index contributed by atoms with van der Waals surface area (Å²) >= 11 is 0. The van der Waals surface area contributed by atoms with Crippen molar-refractivity contribution in [3.63, 3.8) is 0 Å². The first kappa shape index (κ1) is 11.8. The maximum absolute atomic E-state index is 11.5. The van der Waals surface area contributed by atoms with Gasteiger partial charge in [0.2, 0.25) is 0 Å². The molecule has 0 aliphatic carbocycles. The van der Waals surface area contributed by atoms with E-state index in [1.54, 1.807) is 0 Å². The van der Waals surface area contributed by atoms with Crippen LogP contribution in [-0.2, 0) is 16.1 Å². The maximum atomic E-state index is 11.5. The second-order valence-corrected chi connectivity index (χ2v) is 3.78. The zero-order valence-electron chi connectivity index (χ0n) is 9.40. The van der Waals surface area contributed by atoms with E-state index in [1.807, 2.05) is 37.3 Å². The number of ether oxygens (including phenoxy) is 1. The smallest absolute Gasteiger partial charge is 0.308 e. The summed E-state index contributed by atoms with van der Waals surface area (Å²) in [6.45, 7) is 4.37. The second-order valence-electron chi connectivity index (χ2n) is 3.78. The number of hydrogen-bond acceptors (Lipinski definition) is 2. The number of carbonyl (C=O) groups is 1. The predicted octanol–water partition coefficient (Wildman–Crippen LogP) is 3.17. The number of rotatable bonds is 5. The van der Waals surface area contributed by atoms with Crippen molar-refractivity contribution in [1.82, 2.24) is 0 Å². The average molecular weight is 206 g/mol. The largest absolute Gasteiger partial charge is 0.461 e. The van der Waals surface area contributed by atoms with Gasteiger partial charge in [-0.3, -0.25) is 4.79 Å². The van der Waals surface area contributed by atoms with Crippen molar-refractivity contribution in [2.45, 2.75) is 33.3 Å². The summed E-state index contributed by atoms with van der Waals surface area (Å²) in [6, 6.07) is 9.75. The van der Waals surface area contributed by atoms with Crippen molar-refractivity contribution < 1.29 is 9.53 Å². The van der Waals surface area contributed by atoms with E-state index in [2.05, 4.69) is 6.92 Å². The summed E-state index contributed by atoms with van der Waals surface area (Å²) in [4.78, 5) is 11.5. The van der Waals surface area contributed by atoms with Crippen LogP contribution in [0.25, 0.3) is 0 Å². The van der Waals surface area contributed by atoms with Gasteiger partial charge in [0.15, 0.2) is 0 Å². The van der Waals surface area contributed by atoms with Crippen LogP contribution >= 0.6 is 0 Å². The van der Waals surface area contributed by atoms with Crippen molar-refractivity contribution in [3.8, 4) is 0 Å². The first-order valence-electron chi connectivity index (χ1n) is 5.44. The summed E-state index contributed by atoms with van der Waals surface area (Å²) in [7, 11) is 0. The zero-order valence-corrected chi connectivity index (χ0v) is 9.40. The van der Waals surface area contributed by atoms with Crippen LogP contribution in [0.1, 0.15) is 32.3 Å². The van der Waals surface area contributed by atoms with Crippen LogP contribution in [0.3, 0.4) is 0 Å². The van der Waals surface area contributed by atoms with Crippen LogP contribution in [0.4, 0.5) is 0 Å². The predicted molar refractivity (Wildman–Crippen MR) is 60.3 cm³/mol. The van der Waals surface area contributed by atoms with Crippen LogP contribution in [0, 0.1) is 5.92 Å². The van der Waals surface area contributed by atoms with Gasteiger partial charge in [-0.05, 0) is 12.0 Å². The zero-order chi connectivity index (χ0) is 11.1. The Labute approximate surface area is 91.3 Å². The molecule has 0 saturated carbocycles. The summed E-state index contributed by atoms with van der Waals surface area (Å²) in [6.07, 6.45) is 1.91. The fourth-order valence-electron chi connectivity index (χ4n) is 1.42. The van der Waals surface area contributed by atoms with E-state index in [0.717, 1.165) is 18.4 Å². The minimum Gasteiger partial charge on any atom is -0.461 e. The summed E-state index contributed by atoms with van der Waals surface area (Å²) < 4.78 is 5.20. The lowest BCUT2D eigenvalue weighted by molar-refractivity contribution is -0.149. The maximum Gasteiger partial charge on any atom is 0.308 e. The normalized spacial score (nSPS) is 12.1. The molecule has 0 bridgehead atoms. The third kappa shape index (κ3) is 4.15. The Balaban J connectivity index is 2.34. The molecule has 1 rings (SSSR count). The molecule has 0 aromatic heterocycles. The Morgan fingerprint density at radius 1 is 1.33 bits per heavy atom. The molecule has 0 aliphatic rings. The van der Waals surface area contributed by atoms with Gasteiger partial charge in [0, 0.05) is 0 Å². The van der Waals surface area contributed by atoms with E-state index in [0.29, 0.717) is 6.61 Å². The highest BCUT2D eigenvalue weighted by Crippen LogP contribution is 2.09. The quantitative estimate of drug-likeness (QED) is 0.692. The molecular formula is C13H18O2. The van der Waals surface area contributed by atoms with Crippen molar-refractivity contribution >= 4 is 5.97 Å². The lowest BCUT2D eigenvalue weighted by atomic mass is 10.1. The molecule has 0 saturated heterocycles. The topological polar surface area (TPSA) is 26.3 Å². The lowest BCUT2D eigenvalue weighted by Crippen LogP contribution is -2.14. The van der Waals surface area contributed by atoms with E-state index in [-0.39, 0.29) is 11.9 Å². The van der Waals surface area contributed by atoms with Gasteiger partial charge < -0.3 is 4.74 Å². The first-order chi connectivity index (χ1) is 7.24. The van der Waals surface area contributed by atoms with E-state index in [4.69, 9.17) is 4.74 Å². The molecule has 0 amide bonds. The fourth-order valence-corrected chi connectivity index (χ4v) is 1.42. The SMILES string of the molecule is CCCC(C)C(=O)OCc1ccccc1. The Morgan fingerprint density at radius 3 is 2.60 bits per heavy atom. The molecule has 0 spiro atoms. The van der Waals surface area contributed by atoms with Gasteiger partial charge in [0.25, 0.3) is 0 Å². The van der Waals surface area contributed by atoms with Crippen molar-refractivity contribution in [3.05, 3.63) is 35.9 Å². The number of hydrogen-bond donors (Lipinski definition) is 0. The van der Waals surface area contributed by atoms with Crippen LogP contribution in [0.15, 0.2) is 30.3 Å². The van der Waals surface area contributed by atoms with Crippen molar-refractivity contribution in [1.29, 1.82) is 0 Å². The molecule has 0 aliphatic heterocycles. The molecule has 15 heavy (non-hydrogen) atoms. The Morgan fingerprint density at radius 2 is 2.00 bits per heavy atom. The highest BCUT2D eigenvalue weighted by Gasteiger charge is 2.12. The van der Waals surface area contributed by atoms with Crippen LogP contribution in [0.2, 0.25) is 0 Å². The standard InChI is InChI=1S/C13H18O2/c1-3-7-11(2)13(14)15-10-12-8-5-4-6-9-12/h4-6,8-9,11H,3,7,10H2,1-2H3. The van der Waals surface area contributed by atoms with Crippen molar-refractivity contribution in [2.24, 2.45) is 5.92 Å². The Hall–Kier alpha value is -1.31. The van der Waals surface area contributed by atoms with Crippen LogP contribution < -0.4 is 0 Å². The molecule has 1 unspecified atom stereocenters. The molecule has 0 fully saturated rings. The van der Waals surface area contributed by atoms with Gasteiger partial charge in [-0.2, -0.15) is 0 Å². The first-order valence-corrected chi connectivity index (χ1v) is 5.44. The number of esters is 1. The molecule has 1 aromatic carbocycles. The highest BCUT2D eigenvalue weighted by atomic mass is 16.5. The number of carbonyl (C=O) groups excluding carboxylic acids is 1.